The van der Waals surface area contributed by atoms with E-state index in [9.17, 15) is 13.2 Å². The van der Waals surface area contributed by atoms with E-state index in [1.807, 2.05) is 19.1 Å². The van der Waals surface area contributed by atoms with Crippen LogP contribution in [0, 0.1) is 3.57 Å². The SMILES string of the molecule is CCOc1ccc(NS(=O)(=O)c2ccc(OC)c(NC(=O)c3ccccc3I)c2)cc1. The van der Waals surface area contributed by atoms with Crippen LogP contribution in [-0.4, -0.2) is 28.0 Å². The number of sulfonamides is 1. The maximum atomic E-state index is 12.9. The van der Waals surface area contributed by atoms with Crippen molar-refractivity contribution in [2.45, 2.75) is 11.8 Å². The summed E-state index contributed by atoms with van der Waals surface area (Å²) in [5.74, 6) is 0.632. The average molecular weight is 552 g/mol. The van der Waals surface area contributed by atoms with Crippen molar-refractivity contribution in [1.82, 2.24) is 0 Å². The Bertz CT molecular complexity index is 1180. The van der Waals surface area contributed by atoms with Gasteiger partial charge in [0.15, 0.2) is 0 Å². The summed E-state index contributed by atoms with van der Waals surface area (Å²) >= 11 is 2.07. The van der Waals surface area contributed by atoms with Crippen LogP contribution in [0.3, 0.4) is 0 Å². The molecule has 0 aromatic heterocycles. The van der Waals surface area contributed by atoms with Gasteiger partial charge >= 0.3 is 0 Å². The molecule has 9 heteroatoms. The van der Waals surface area contributed by atoms with Gasteiger partial charge in [-0.15, -0.1) is 0 Å². The van der Waals surface area contributed by atoms with Gasteiger partial charge in [0.25, 0.3) is 15.9 Å². The van der Waals surface area contributed by atoms with E-state index < -0.39 is 10.0 Å². The fourth-order valence-electron chi connectivity index (χ4n) is 2.79. The number of methoxy groups -OCH3 is 1. The number of rotatable bonds is 8. The van der Waals surface area contributed by atoms with E-state index in [2.05, 4.69) is 32.6 Å². The van der Waals surface area contributed by atoms with Gasteiger partial charge in [-0.25, -0.2) is 8.42 Å². The minimum absolute atomic E-state index is 0.0137. The zero-order valence-corrected chi connectivity index (χ0v) is 19.9. The molecule has 3 aromatic rings. The molecule has 0 saturated carbocycles. The predicted molar refractivity (Wildman–Crippen MR) is 129 cm³/mol. The Morgan fingerprint density at radius 2 is 1.74 bits per heavy atom. The summed E-state index contributed by atoms with van der Waals surface area (Å²) in [6.07, 6.45) is 0. The largest absolute Gasteiger partial charge is 0.495 e. The molecule has 162 valence electrons. The number of carbonyl (C=O) groups excluding carboxylic acids is 1. The monoisotopic (exact) mass is 552 g/mol. The second-order valence-electron chi connectivity index (χ2n) is 6.36. The number of carbonyl (C=O) groups is 1. The zero-order chi connectivity index (χ0) is 22.4. The maximum absolute atomic E-state index is 12.9. The second kappa shape index (κ2) is 10.0. The van der Waals surface area contributed by atoms with E-state index in [0.717, 1.165) is 3.57 Å². The van der Waals surface area contributed by atoms with E-state index in [-0.39, 0.29) is 16.5 Å². The summed E-state index contributed by atoms with van der Waals surface area (Å²) in [4.78, 5) is 12.7. The summed E-state index contributed by atoms with van der Waals surface area (Å²) in [5, 5.41) is 2.74. The molecule has 0 saturated heterocycles. The molecule has 0 unspecified atom stereocenters. The van der Waals surface area contributed by atoms with Crippen molar-refractivity contribution in [1.29, 1.82) is 0 Å². The molecular weight excluding hydrogens is 531 g/mol. The highest BCUT2D eigenvalue weighted by Crippen LogP contribution is 2.29. The van der Waals surface area contributed by atoms with Gasteiger partial charge < -0.3 is 14.8 Å². The first kappa shape index (κ1) is 22.9. The lowest BCUT2D eigenvalue weighted by Gasteiger charge is -2.14. The molecule has 0 radical (unpaired) electrons. The first-order chi connectivity index (χ1) is 14.8. The average Bonchev–Trinajstić information content (AvgIpc) is 2.75. The number of amides is 1. The normalized spacial score (nSPS) is 10.9. The fourth-order valence-corrected chi connectivity index (χ4v) is 4.50. The maximum Gasteiger partial charge on any atom is 0.261 e. The van der Waals surface area contributed by atoms with Crippen molar-refractivity contribution < 1.29 is 22.7 Å². The summed E-state index contributed by atoms with van der Waals surface area (Å²) in [7, 11) is -2.45. The number of anilines is 2. The summed E-state index contributed by atoms with van der Waals surface area (Å²) in [6.45, 7) is 2.39. The van der Waals surface area contributed by atoms with Crippen LogP contribution in [0.4, 0.5) is 11.4 Å². The lowest BCUT2D eigenvalue weighted by molar-refractivity contribution is 0.102. The van der Waals surface area contributed by atoms with Crippen LogP contribution in [0.25, 0.3) is 0 Å². The van der Waals surface area contributed by atoms with Crippen LogP contribution in [0.2, 0.25) is 0 Å². The molecule has 0 aliphatic carbocycles. The minimum atomic E-state index is -3.89. The van der Waals surface area contributed by atoms with Gasteiger partial charge in [-0.3, -0.25) is 9.52 Å². The number of halogens is 1. The molecule has 0 atom stereocenters. The first-order valence-electron chi connectivity index (χ1n) is 9.33. The third-order valence-electron chi connectivity index (χ3n) is 4.27. The standard InChI is InChI=1S/C22H21IN2O5S/c1-3-30-16-10-8-15(9-11-16)25-31(27,28)17-12-13-21(29-2)20(14-17)24-22(26)18-6-4-5-7-19(18)23/h4-14,25H,3H2,1-2H3,(H,24,26). The predicted octanol–water partition coefficient (Wildman–Crippen LogP) is 4.75. The van der Waals surface area contributed by atoms with E-state index in [4.69, 9.17) is 9.47 Å². The van der Waals surface area contributed by atoms with Crippen LogP contribution in [0.15, 0.2) is 71.6 Å². The van der Waals surface area contributed by atoms with Crippen LogP contribution in [0.1, 0.15) is 17.3 Å². The third-order valence-corrected chi connectivity index (χ3v) is 6.59. The second-order valence-corrected chi connectivity index (χ2v) is 9.20. The number of ether oxygens (including phenoxy) is 2. The number of benzene rings is 3. The number of hydrogen-bond donors (Lipinski definition) is 2. The van der Waals surface area contributed by atoms with Crippen molar-refractivity contribution in [3.8, 4) is 11.5 Å². The molecule has 0 spiro atoms. The van der Waals surface area contributed by atoms with E-state index in [1.54, 1.807) is 36.4 Å². The van der Waals surface area contributed by atoms with Crippen LogP contribution in [-0.2, 0) is 10.0 Å². The molecule has 1 amide bonds. The Morgan fingerprint density at radius 1 is 1.03 bits per heavy atom. The van der Waals surface area contributed by atoms with Crippen molar-refractivity contribution in [3.05, 3.63) is 75.9 Å². The van der Waals surface area contributed by atoms with Crippen molar-refractivity contribution in [2.24, 2.45) is 0 Å². The van der Waals surface area contributed by atoms with E-state index in [1.165, 1.54) is 25.3 Å². The lowest BCUT2D eigenvalue weighted by Crippen LogP contribution is -2.16. The van der Waals surface area contributed by atoms with Gasteiger partial charge in [0.1, 0.15) is 11.5 Å². The Hall–Kier alpha value is -2.79. The molecule has 0 bridgehead atoms. The van der Waals surface area contributed by atoms with E-state index in [0.29, 0.717) is 29.4 Å². The minimum Gasteiger partial charge on any atom is -0.495 e. The molecule has 0 aliphatic heterocycles. The van der Waals surface area contributed by atoms with Gasteiger partial charge in [-0.05, 0) is 84.1 Å². The molecule has 0 aliphatic rings. The highest BCUT2D eigenvalue weighted by Gasteiger charge is 2.19. The highest BCUT2D eigenvalue weighted by molar-refractivity contribution is 14.1. The molecular formula is C22H21IN2O5S. The molecule has 2 N–H and O–H groups in total. The van der Waals surface area contributed by atoms with Gasteiger partial charge in [0.05, 0.1) is 29.9 Å². The molecule has 3 aromatic carbocycles. The zero-order valence-electron chi connectivity index (χ0n) is 16.9. The first-order valence-corrected chi connectivity index (χ1v) is 11.9. The molecule has 3 rings (SSSR count). The fraction of sp³-hybridized carbons (Fsp3) is 0.136. The van der Waals surface area contributed by atoms with Gasteiger partial charge in [-0.1, -0.05) is 12.1 Å². The Balaban J connectivity index is 1.86. The van der Waals surface area contributed by atoms with Gasteiger partial charge in [-0.2, -0.15) is 0 Å². The van der Waals surface area contributed by atoms with Crippen LogP contribution >= 0.6 is 22.6 Å². The van der Waals surface area contributed by atoms with Gasteiger partial charge in [0, 0.05) is 9.26 Å². The Labute approximate surface area is 195 Å². The summed E-state index contributed by atoms with van der Waals surface area (Å²) in [6, 6.07) is 18.0. The highest BCUT2D eigenvalue weighted by atomic mass is 127. The van der Waals surface area contributed by atoms with Crippen molar-refractivity contribution in [2.75, 3.05) is 23.8 Å². The van der Waals surface area contributed by atoms with Crippen molar-refractivity contribution in [3.63, 3.8) is 0 Å². The Kier molecular flexibility index (Phi) is 7.39. The summed E-state index contributed by atoms with van der Waals surface area (Å²) in [5.41, 5.74) is 1.12. The third kappa shape index (κ3) is 5.67. The molecule has 7 nitrogen and oxygen atoms in total. The van der Waals surface area contributed by atoms with Crippen LogP contribution in [0.5, 0.6) is 11.5 Å². The van der Waals surface area contributed by atoms with Gasteiger partial charge in [0.2, 0.25) is 0 Å². The lowest BCUT2D eigenvalue weighted by atomic mass is 10.2. The number of hydrogen-bond acceptors (Lipinski definition) is 5. The quantitative estimate of drug-likeness (QED) is 0.394. The summed E-state index contributed by atoms with van der Waals surface area (Å²) < 4.78 is 39.7. The van der Waals surface area contributed by atoms with Crippen molar-refractivity contribution >= 4 is 49.9 Å². The van der Waals surface area contributed by atoms with Crippen LogP contribution < -0.4 is 19.5 Å². The van der Waals surface area contributed by atoms with E-state index >= 15 is 0 Å². The molecule has 0 heterocycles. The number of nitrogens with one attached hydrogen (secondary N) is 2. The smallest absolute Gasteiger partial charge is 0.261 e. The molecule has 0 fully saturated rings. The Morgan fingerprint density at radius 3 is 2.39 bits per heavy atom. The topological polar surface area (TPSA) is 93.7 Å². The molecule has 31 heavy (non-hydrogen) atoms.